The van der Waals surface area contributed by atoms with Crippen LogP contribution in [0, 0.1) is 0 Å². The fraction of sp³-hybridized carbons (Fsp3) is 0.235. The summed E-state index contributed by atoms with van der Waals surface area (Å²) in [5.74, 6) is 0.697. The Labute approximate surface area is 149 Å². The number of likely N-dealkylation sites (N-methyl/N-ethyl adjacent to an activating group) is 1. The molecule has 6 heteroatoms. The highest BCUT2D eigenvalue weighted by molar-refractivity contribution is 9.10. The molecule has 1 N–H and O–H groups in total. The molecule has 2 aromatic carbocycles. The summed E-state index contributed by atoms with van der Waals surface area (Å²) in [4.78, 5) is 14.1. The molecule has 1 amide bonds. The fourth-order valence-electron chi connectivity index (χ4n) is 2.21. The molecule has 0 aliphatic rings. The first-order chi connectivity index (χ1) is 11.0. The van der Waals surface area contributed by atoms with Gasteiger partial charge in [-0.05, 0) is 31.3 Å². The summed E-state index contributed by atoms with van der Waals surface area (Å²) >= 11 is 9.44. The molecule has 0 aliphatic carbocycles. The Kier molecular flexibility index (Phi) is 6.45. The van der Waals surface area contributed by atoms with Crippen molar-refractivity contribution in [3.05, 3.63) is 57.5 Å². The summed E-state index contributed by atoms with van der Waals surface area (Å²) in [7, 11) is 3.52. The molecule has 122 valence electrons. The van der Waals surface area contributed by atoms with E-state index in [0.717, 1.165) is 15.8 Å². The van der Waals surface area contributed by atoms with Crippen LogP contribution in [0.2, 0.25) is 5.02 Å². The summed E-state index contributed by atoms with van der Waals surface area (Å²) in [6.45, 7) is 0.871. The maximum absolute atomic E-state index is 12.2. The van der Waals surface area contributed by atoms with Crippen LogP contribution in [0.5, 0.6) is 5.75 Å². The lowest BCUT2D eigenvalue weighted by molar-refractivity contribution is -0.117. The number of hydrogen-bond donors (Lipinski definition) is 1. The number of para-hydroxylation sites is 1. The Balaban J connectivity index is 1.94. The lowest BCUT2D eigenvalue weighted by atomic mass is 10.2. The van der Waals surface area contributed by atoms with E-state index < -0.39 is 0 Å². The summed E-state index contributed by atoms with van der Waals surface area (Å²) in [6.07, 6.45) is 0. The van der Waals surface area contributed by atoms with Gasteiger partial charge in [0.2, 0.25) is 5.91 Å². The number of carbonyl (C=O) groups is 1. The topological polar surface area (TPSA) is 41.6 Å². The molecule has 0 bridgehead atoms. The van der Waals surface area contributed by atoms with Crippen LogP contribution in [-0.4, -0.2) is 31.5 Å². The average Bonchev–Trinajstić information content (AvgIpc) is 2.50. The maximum atomic E-state index is 12.2. The number of nitrogens with zero attached hydrogens (tertiary/aromatic N) is 1. The number of nitrogens with one attached hydrogen (secondary N) is 1. The summed E-state index contributed by atoms with van der Waals surface area (Å²) in [5.41, 5.74) is 1.64. The van der Waals surface area contributed by atoms with Crippen molar-refractivity contribution < 1.29 is 9.53 Å². The first kappa shape index (κ1) is 17.8. The number of hydrogen-bond acceptors (Lipinski definition) is 3. The van der Waals surface area contributed by atoms with Gasteiger partial charge >= 0.3 is 0 Å². The van der Waals surface area contributed by atoms with Crippen LogP contribution in [0.25, 0.3) is 0 Å². The molecule has 0 aromatic heterocycles. The van der Waals surface area contributed by atoms with Crippen molar-refractivity contribution in [1.29, 1.82) is 0 Å². The number of ether oxygens (including phenoxy) is 1. The molecule has 0 saturated carbocycles. The molecule has 0 fully saturated rings. The molecule has 0 radical (unpaired) electrons. The number of benzene rings is 2. The van der Waals surface area contributed by atoms with Crippen LogP contribution in [0.4, 0.5) is 5.69 Å². The van der Waals surface area contributed by atoms with E-state index in [2.05, 4.69) is 21.2 Å². The van der Waals surface area contributed by atoms with E-state index in [0.29, 0.717) is 17.3 Å². The summed E-state index contributed by atoms with van der Waals surface area (Å²) < 4.78 is 6.19. The summed E-state index contributed by atoms with van der Waals surface area (Å²) in [6, 6.07) is 13.1. The van der Waals surface area contributed by atoms with Crippen LogP contribution < -0.4 is 10.1 Å². The molecule has 0 aliphatic heterocycles. The van der Waals surface area contributed by atoms with E-state index in [1.807, 2.05) is 42.3 Å². The number of carbonyl (C=O) groups excluding carboxylic acids is 1. The highest BCUT2D eigenvalue weighted by Crippen LogP contribution is 2.25. The van der Waals surface area contributed by atoms with Crippen molar-refractivity contribution in [3.63, 3.8) is 0 Å². The second kappa shape index (κ2) is 8.34. The maximum Gasteiger partial charge on any atom is 0.238 e. The third-order valence-electron chi connectivity index (χ3n) is 3.25. The minimum atomic E-state index is -0.119. The molecule has 0 heterocycles. The fourth-order valence-corrected chi connectivity index (χ4v) is 2.93. The minimum absolute atomic E-state index is 0.119. The van der Waals surface area contributed by atoms with E-state index in [1.54, 1.807) is 19.2 Å². The third kappa shape index (κ3) is 5.23. The molecule has 2 rings (SSSR count). The van der Waals surface area contributed by atoms with E-state index in [-0.39, 0.29) is 12.5 Å². The highest BCUT2D eigenvalue weighted by atomic mass is 79.9. The molecular formula is C17H18BrClN2O2. The van der Waals surface area contributed by atoms with E-state index in [9.17, 15) is 4.79 Å². The second-order valence-electron chi connectivity index (χ2n) is 5.16. The Morgan fingerprint density at radius 1 is 1.30 bits per heavy atom. The Bertz CT molecular complexity index is 694. The van der Waals surface area contributed by atoms with Gasteiger partial charge < -0.3 is 10.1 Å². The largest absolute Gasteiger partial charge is 0.496 e. The van der Waals surface area contributed by atoms with Gasteiger partial charge in [-0.3, -0.25) is 9.69 Å². The zero-order valence-corrected chi connectivity index (χ0v) is 15.3. The lowest BCUT2D eigenvalue weighted by Crippen LogP contribution is -2.30. The minimum Gasteiger partial charge on any atom is -0.496 e. The van der Waals surface area contributed by atoms with Gasteiger partial charge in [0, 0.05) is 16.6 Å². The second-order valence-corrected chi connectivity index (χ2v) is 6.48. The number of methoxy groups -OCH3 is 1. The first-order valence-corrected chi connectivity index (χ1v) is 8.22. The summed E-state index contributed by atoms with van der Waals surface area (Å²) in [5, 5.41) is 3.32. The number of halogens is 2. The molecule has 2 aromatic rings. The molecule has 4 nitrogen and oxygen atoms in total. The first-order valence-electron chi connectivity index (χ1n) is 7.05. The van der Waals surface area contributed by atoms with E-state index in [1.165, 1.54) is 0 Å². The van der Waals surface area contributed by atoms with Gasteiger partial charge in [0.1, 0.15) is 5.75 Å². The normalized spacial score (nSPS) is 10.7. The number of rotatable bonds is 6. The average molecular weight is 398 g/mol. The monoisotopic (exact) mass is 396 g/mol. The van der Waals surface area contributed by atoms with Gasteiger partial charge in [0.15, 0.2) is 0 Å². The van der Waals surface area contributed by atoms with Gasteiger partial charge in [0.05, 0.1) is 24.4 Å². The number of anilines is 1. The standard InChI is InChI=1S/C17H18BrClN2O2/c1-21(10-12-5-3-4-6-16(12)23-2)11-17(22)20-15-8-7-13(18)9-14(15)19/h3-9H,10-11H2,1-2H3,(H,20,22). The molecule has 0 atom stereocenters. The molecular weight excluding hydrogens is 380 g/mol. The quantitative estimate of drug-likeness (QED) is 0.795. The van der Waals surface area contributed by atoms with Crippen molar-refractivity contribution in [1.82, 2.24) is 4.90 Å². The molecule has 0 saturated heterocycles. The van der Waals surface area contributed by atoms with Crippen LogP contribution >= 0.6 is 27.5 Å². The van der Waals surface area contributed by atoms with Crippen LogP contribution in [0.15, 0.2) is 46.9 Å². The zero-order valence-electron chi connectivity index (χ0n) is 13.0. The van der Waals surface area contributed by atoms with Crippen LogP contribution in [0.3, 0.4) is 0 Å². The van der Waals surface area contributed by atoms with Crippen molar-refractivity contribution in [2.45, 2.75) is 6.54 Å². The molecule has 0 unspecified atom stereocenters. The predicted octanol–water partition coefficient (Wildman–Crippen LogP) is 4.18. The SMILES string of the molecule is COc1ccccc1CN(C)CC(=O)Nc1ccc(Br)cc1Cl. The van der Waals surface area contributed by atoms with Crippen molar-refractivity contribution >= 4 is 39.1 Å². The van der Waals surface area contributed by atoms with Crippen molar-refractivity contribution in [2.24, 2.45) is 0 Å². The van der Waals surface area contributed by atoms with Crippen molar-refractivity contribution in [2.75, 3.05) is 26.0 Å². The zero-order chi connectivity index (χ0) is 16.8. The van der Waals surface area contributed by atoms with Gasteiger partial charge in [-0.25, -0.2) is 0 Å². The smallest absolute Gasteiger partial charge is 0.238 e. The van der Waals surface area contributed by atoms with Crippen LogP contribution in [0.1, 0.15) is 5.56 Å². The van der Waals surface area contributed by atoms with Gasteiger partial charge in [-0.1, -0.05) is 45.7 Å². The third-order valence-corrected chi connectivity index (χ3v) is 4.06. The Hall–Kier alpha value is -1.56. The number of amides is 1. The van der Waals surface area contributed by atoms with Gasteiger partial charge in [-0.15, -0.1) is 0 Å². The van der Waals surface area contributed by atoms with E-state index in [4.69, 9.17) is 16.3 Å². The molecule has 23 heavy (non-hydrogen) atoms. The molecule has 0 spiro atoms. The van der Waals surface area contributed by atoms with E-state index >= 15 is 0 Å². The van der Waals surface area contributed by atoms with Crippen molar-refractivity contribution in [3.8, 4) is 5.75 Å². The Morgan fingerprint density at radius 3 is 2.74 bits per heavy atom. The Morgan fingerprint density at radius 2 is 2.04 bits per heavy atom. The van der Waals surface area contributed by atoms with Crippen LogP contribution in [-0.2, 0) is 11.3 Å². The highest BCUT2D eigenvalue weighted by Gasteiger charge is 2.11. The van der Waals surface area contributed by atoms with Gasteiger partial charge in [-0.2, -0.15) is 0 Å². The predicted molar refractivity (Wildman–Crippen MR) is 97.1 cm³/mol. The van der Waals surface area contributed by atoms with Gasteiger partial charge in [0.25, 0.3) is 0 Å². The lowest BCUT2D eigenvalue weighted by Gasteiger charge is -2.18.